The maximum Gasteiger partial charge on any atom is 0.322 e. The van der Waals surface area contributed by atoms with Crippen LogP contribution in [-0.4, -0.2) is 23.4 Å². The Hall–Kier alpha value is -1.59. The zero-order chi connectivity index (χ0) is 10.3. The molecule has 2 rings (SSSR count). The fraction of sp³-hybridized carbons (Fsp3) is 0.625. The smallest absolute Gasteiger partial charge is 0.322 e. The summed E-state index contributed by atoms with van der Waals surface area (Å²) in [4.78, 5) is 33.6. The molecule has 0 aromatic heterocycles. The summed E-state index contributed by atoms with van der Waals surface area (Å²) in [6.45, 7) is 0. The maximum atomic E-state index is 11.5. The van der Waals surface area contributed by atoms with Crippen LogP contribution in [0.5, 0.6) is 0 Å². The predicted molar refractivity (Wildman–Crippen MR) is 45.9 cm³/mol. The molecule has 2 unspecified atom stereocenters. The van der Waals surface area contributed by atoms with Gasteiger partial charge in [0.2, 0.25) is 5.91 Å². The zero-order valence-corrected chi connectivity index (χ0v) is 7.50. The summed E-state index contributed by atoms with van der Waals surface area (Å²) in [5, 5.41) is 4.65. The molecule has 0 aromatic carbocycles. The lowest BCUT2D eigenvalue weighted by atomic mass is 9.86. The quantitative estimate of drug-likeness (QED) is 0.462. The SMILES string of the molecule is NC(=O)C1CCCC12NC(=O)NC2=O. The first-order valence-corrected chi connectivity index (χ1v) is 4.49. The predicted octanol–water partition coefficient (Wildman–Crippen LogP) is -1.15. The third-order valence-corrected chi connectivity index (χ3v) is 2.97. The summed E-state index contributed by atoms with van der Waals surface area (Å²) in [6.07, 6.45) is 1.77. The molecule has 1 aliphatic carbocycles. The topological polar surface area (TPSA) is 101 Å². The second-order valence-corrected chi connectivity index (χ2v) is 3.73. The van der Waals surface area contributed by atoms with Gasteiger partial charge in [0.1, 0.15) is 5.54 Å². The lowest BCUT2D eigenvalue weighted by Crippen LogP contribution is -2.53. The Labute approximate surface area is 80.2 Å². The summed E-state index contributed by atoms with van der Waals surface area (Å²) in [5.41, 5.74) is 4.12. The Bertz CT molecular complexity index is 328. The van der Waals surface area contributed by atoms with E-state index in [1.54, 1.807) is 0 Å². The van der Waals surface area contributed by atoms with E-state index in [4.69, 9.17) is 5.73 Å². The number of carbonyl (C=O) groups is 3. The first kappa shape index (κ1) is 8.98. The molecular formula is C8H11N3O3. The van der Waals surface area contributed by atoms with Gasteiger partial charge in [-0.1, -0.05) is 0 Å². The van der Waals surface area contributed by atoms with E-state index in [0.29, 0.717) is 12.8 Å². The number of hydrogen-bond acceptors (Lipinski definition) is 3. The van der Waals surface area contributed by atoms with Gasteiger partial charge in [0.15, 0.2) is 0 Å². The van der Waals surface area contributed by atoms with Crippen molar-refractivity contribution >= 4 is 17.8 Å². The van der Waals surface area contributed by atoms with E-state index in [9.17, 15) is 14.4 Å². The number of carbonyl (C=O) groups excluding carboxylic acids is 3. The van der Waals surface area contributed by atoms with Gasteiger partial charge in [0.25, 0.3) is 5.91 Å². The zero-order valence-electron chi connectivity index (χ0n) is 7.50. The molecule has 6 nitrogen and oxygen atoms in total. The molecule has 1 saturated heterocycles. The monoisotopic (exact) mass is 197 g/mol. The number of nitrogens with two attached hydrogens (primary N) is 1. The second-order valence-electron chi connectivity index (χ2n) is 3.73. The van der Waals surface area contributed by atoms with E-state index < -0.39 is 29.3 Å². The minimum atomic E-state index is -1.07. The van der Waals surface area contributed by atoms with E-state index in [1.807, 2.05) is 0 Å². The van der Waals surface area contributed by atoms with Crippen molar-refractivity contribution in [2.45, 2.75) is 24.8 Å². The highest BCUT2D eigenvalue weighted by atomic mass is 16.2. The van der Waals surface area contributed by atoms with Crippen LogP contribution in [0.1, 0.15) is 19.3 Å². The molecule has 4 amide bonds. The molecule has 0 radical (unpaired) electrons. The third kappa shape index (κ3) is 0.997. The van der Waals surface area contributed by atoms with E-state index in [2.05, 4.69) is 10.6 Å². The molecule has 0 aromatic rings. The van der Waals surface area contributed by atoms with Gasteiger partial charge < -0.3 is 11.1 Å². The molecule has 0 bridgehead atoms. The Morgan fingerprint density at radius 1 is 1.50 bits per heavy atom. The van der Waals surface area contributed by atoms with Gasteiger partial charge in [0, 0.05) is 0 Å². The molecule has 2 aliphatic rings. The van der Waals surface area contributed by atoms with E-state index in [-0.39, 0.29) is 0 Å². The second kappa shape index (κ2) is 2.70. The molecule has 1 saturated carbocycles. The molecule has 6 heteroatoms. The van der Waals surface area contributed by atoms with Crippen LogP contribution in [-0.2, 0) is 9.59 Å². The highest BCUT2D eigenvalue weighted by molar-refractivity contribution is 6.09. The molecule has 14 heavy (non-hydrogen) atoms. The van der Waals surface area contributed by atoms with Gasteiger partial charge in [-0.05, 0) is 19.3 Å². The number of urea groups is 1. The lowest BCUT2D eigenvalue weighted by molar-refractivity contribution is -0.132. The molecule has 1 spiro atoms. The largest absolute Gasteiger partial charge is 0.369 e. The fourth-order valence-corrected chi connectivity index (χ4v) is 2.32. The summed E-state index contributed by atoms with van der Waals surface area (Å²) < 4.78 is 0. The van der Waals surface area contributed by atoms with Crippen LogP contribution in [0, 0.1) is 5.92 Å². The Kier molecular flexibility index (Phi) is 1.73. The fourth-order valence-electron chi connectivity index (χ4n) is 2.32. The number of nitrogens with one attached hydrogen (secondary N) is 2. The summed E-state index contributed by atoms with van der Waals surface area (Å²) in [6, 6.07) is -0.539. The highest BCUT2D eigenvalue weighted by Crippen LogP contribution is 2.37. The summed E-state index contributed by atoms with van der Waals surface area (Å²) in [7, 11) is 0. The Balaban J connectivity index is 2.34. The summed E-state index contributed by atoms with van der Waals surface area (Å²) in [5.74, 6) is -1.53. The van der Waals surface area contributed by atoms with Crippen LogP contribution in [0.25, 0.3) is 0 Å². The molecule has 2 fully saturated rings. The number of primary amides is 1. The van der Waals surface area contributed by atoms with Gasteiger partial charge in [-0.15, -0.1) is 0 Å². The highest BCUT2D eigenvalue weighted by Gasteiger charge is 2.56. The number of amides is 4. The van der Waals surface area contributed by atoms with Gasteiger partial charge in [-0.2, -0.15) is 0 Å². The average Bonchev–Trinajstić information content (AvgIpc) is 2.59. The van der Waals surface area contributed by atoms with Crippen molar-refractivity contribution in [2.75, 3.05) is 0 Å². The molecule has 2 atom stereocenters. The van der Waals surface area contributed by atoms with Crippen molar-refractivity contribution in [2.24, 2.45) is 11.7 Å². The van der Waals surface area contributed by atoms with Gasteiger partial charge >= 0.3 is 6.03 Å². The van der Waals surface area contributed by atoms with Crippen LogP contribution in [0.4, 0.5) is 4.79 Å². The van der Waals surface area contributed by atoms with Crippen LogP contribution in [0.3, 0.4) is 0 Å². The van der Waals surface area contributed by atoms with Gasteiger partial charge in [-0.25, -0.2) is 4.79 Å². The number of imide groups is 1. The van der Waals surface area contributed by atoms with Crippen LogP contribution in [0.2, 0.25) is 0 Å². The van der Waals surface area contributed by atoms with E-state index in [1.165, 1.54) is 0 Å². The van der Waals surface area contributed by atoms with Crippen LogP contribution < -0.4 is 16.4 Å². The average molecular weight is 197 g/mol. The van der Waals surface area contributed by atoms with E-state index in [0.717, 1.165) is 6.42 Å². The third-order valence-electron chi connectivity index (χ3n) is 2.97. The molecular weight excluding hydrogens is 186 g/mol. The van der Waals surface area contributed by atoms with Crippen molar-refractivity contribution in [3.8, 4) is 0 Å². The van der Waals surface area contributed by atoms with Gasteiger partial charge in [0.05, 0.1) is 5.92 Å². The van der Waals surface area contributed by atoms with Crippen molar-refractivity contribution in [3.63, 3.8) is 0 Å². The minimum absolute atomic E-state index is 0.427. The minimum Gasteiger partial charge on any atom is -0.369 e. The summed E-state index contributed by atoms with van der Waals surface area (Å²) >= 11 is 0. The standard InChI is InChI=1S/C8H11N3O3/c9-5(12)4-2-1-3-8(4)6(13)10-7(14)11-8/h4H,1-3H2,(H2,9,12)(H2,10,11,13,14). The van der Waals surface area contributed by atoms with Crippen LogP contribution in [0.15, 0.2) is 0 Å². The molecule has 76 valence electrons. The number of rotatable bonds is 1. The first-order chi connectivity index (χ1) is 6.56. The van der Waals surface area contributed by atoms with Crippen molar-refractivity contribution in [1.29, 1.82) is 0 Å². The van der Waals surface area contributed by atoms with Crippen molar-refractivity contribution < 1.29 is 14.4 Å². The molecule has 1 heterocycles. The Morgan fingerprint density at radius 3 is 2.71 bits per heavy atom. The van der Waals surface area contributed by atoms with E-state index >= 15 is 0 Å². The maximum absolute atomic E-state index is 11.5. The number of hydrogen-bond donors (Lipinski definition) is 3. The van der Waals surface area contributed by atoms with Crippen molar-refractivity contribution in [1.82, 2.24) is 10.6 Å². The normalized spacial score (nSPS) is 35.9. The molecule has 4 N–H and O–H groups in total. The van der Waals surface area contributed by atoms with Gasteiger partial charge in [-0.3, -0.25) is 14.9 Å². The Morgan fingerprint density at radius 2 is 2.21 bits per heavy atom. The van der Waals surface area contributed by atoms with Crippen LogP contribution >= 0.6 is 0 Å². The molecule has 1 aliphatic heterocycles. The van der Waals surface area contributed by atoms with Crippen molar-refractivity contribution in [3.05, 3.63) is 0 Å². The first-order valence-electron chi connectivity index (χ1n) is 4.49. The lowest BCUT2D eigenvalue weighted by Gasteiger charge is -2.25.